The average Bonchev–Trinajstić information content (AvgIpc) is 3.22. The first-order chi connectivity index (χ1) is 12.1. The lowest BCUT2D eigenvalue weighted by Gasteiger charge is -2.37. The summed E-state index contributed by atoms with van der Waals surface area (Å²) in [7, 11) is -3.26. The van der Waals surface area contributed by atoms with Gasteiger partial charge in [0.1, 0.15) is 0 Å². The first kappa shape index (κ1) is 16.2. The van der Waals surface area contributed by atoms with Crippen LogP contribution < -0.4 is 5.32 Å². The standard InChI is InChI=1S/C19H26N2O3S/c22-25(23,18-10-15(18)14-4-2-1-3-5-14)21-13-19(6-8-20-9-7-19)16-11-24-12-17(16)21/h1-5,15-18,20H,6-13H2/t15?,16-,17+,18?/m1/s1. The maximum Gasteiger partial charge on any atom is 0.217 e. The zero-order valence-electron chi connectivity index (χ0n) is 14.4. The second-order valence-electron chi connectivity index (χ2n) is 8.21. The lowest BCUT2D eigenvalue weighted by molar-refractivity contribution is 0.0979. The van der Waals surface area contributed by atoms with Crippen molar-refractivity contribution in [3.63, 3.8) is 0 Å². The van der Waals surface area contributed by atoms with Gasteiger partial charge in [-0.3, -0.25) is 0 Å². The fourth-order valence-corrected chi connectivity index (χ4v) is 7.81. The zero-order valence-corrected chi connectivity index (χ0v) is 15.2. The van der Waals surface area contributed by atoms with E-state index in [1.165, 1.54) is 0 Å². The van der Waals surface area contributed by atoms with Gasteiger partial charge < -0.3 is 10.1 Å². The van der Waals surface area contributed by atoms with Crippen molar-refractivity contribution in [1.82, 2.24) is 9.62 Å². The Morgan fingerprint density at radius 2 is 1.88 bits per heavy atom. The van der Waals surface area contributed by atoms with Crippen molar-refractivity contribution in [2.75, 3.05) is 32.8 Å². The van der Waals surface area contributed by atoms with Gasteiger partial charge in [-0.25, -0.2) is 8.42 Å². The number of hydrogen-bond donors (Lipinski definition) is 1. The van der Waals surface area contributed by atoms with E-state index in [4.69, 9.17) is 4.74 Å². The molecule has 3 aliphatic heterocycles. The van der Waals surface area contributed by atoms with Crippen LogP contribution in [-0.4, -0.2) is 56.9 Å². The largest absolute Gasteiger partial charge is 0.379 e. The Kier molecular flexibility index (Phi) is 3.75. The topological polar surface area (TPSA) is 58.6 Å². The Morgan fingerprint density at radius 1 is 1.12 bits per heavy atom. The summed E-state index contributed by atoms with van der Waals surface area (Å²) >= 11 is 0. The van der Waals surface area contributed by atoms with Crippen molar-refractivity contribution in [2.45, 2.75) is 36.5 Å². The minimum atomic E-state index is -3.26. The lowest BCUT2D eigenvalue weighted by Crippen LogP contribution is -2.43. The normalized spacial score (nSPS) is 37.3. The van der Waals surface area contributed by atoms with Crippen molar-refractivity contribution in [2.24, 2.45) is 11.3 Å². The summed E-state index contributed by atoms with van der Waals surface area (Å²) in [4.78, 5) is 0. The molecule has 1 N–H and O–H groups in total. The Labute approximate surface area is 149 Å². The highest BCUT2D eigenvalue weighted by Gasteiger charge is 2.61. The third kappa shape index (κ3) is 2.49. The summed E-state index contributed by atoms with van der Waals surface area (Å²) in [6.07, 6.45) is 2.89. The number of nitrogens with one attached hydrogen (secondary N) is 1. The van der Waals surface area contributed by atoms with E-state index in [1.54, 1.807) is 0 Å². The predicted molar refractivity (Wildman–Crippen MR) is 95.8 cm³/mol. The van der Waals surface area contributed by atoms with Crippen LogP contribution in [0.3, 0.4) is 0 Å². The van der Waals surface area contributed by atoms with Gasteiger partial charge in [0, 0.05) is 18.4 Å². The number of benzene rings is 1. The van der Waals surface area contributed by atoms with Crippen molar-refractivity contribution in [3.05, 3.63) is 35.9 Å². The van der Waals surface area contributed by atoms with Crippen LogP contribution in [0.2, 0.25) is 0 Å². The highest BCUT2D eigenvalue weighted by atomic mass is 32.2. The minimum absolute atomic E-state index is 0.0557. The number of hydrogen-bond acceptors (Lipinski definition) is 4. The van der Waals surface area contributed by atoms with Crippen LogP contribution in [0, 0.1) is 11.3 Å². The Bertz CT molecular complexity index is 745. The molecule has 6 heteroatoms. The Hall–Kier alpha value is -0.950. The molecule has 136 valence electrons. The first-order valence-electron chi connectivity index (χ1n) is 9.46. The van der Waals surface area contributed by atoms with E-state index < -0.39 is 10.0 Å². The van der Waals surface area contributed by atoms with Gasteiger partial charge in [0.05, 0.1) is 24.5 Å². The molecule has 1 saturated carbocycles. The SMILES string of the molecule is O=S(=O)(C1CC1c1ccccc1)N1CC2(CCNCC2)[C@@H]2COC[C@@H]21. The maximum atomic E-state index is 13.4. The van der Waals surface area contributed by atoms with Crippen LogP contribution in [0.1, 0.15) is 30.7 Å². The molecule has 1 aromatic carbocycles. The average molecular weight is 362 g/mol. The fourth-order valence-electron chi connectivity index (χ4n) is 5.41. The monoisotopic (exact) mass is 362 g/mol. The zero-order chi connectivity index (χ0) is 17.1. The molecule has 5 nitrogen and oxygen atoms in total. The van der Waals surface area contributed by atoms with Crippen molar-refractivity contribution in [1.29, 1.82) is 0 Å². The van der Waals surface area contributed by atoms with Crippen LogP contribution in [0.15, 0.2) is 30.3 Å². The summed E-state index contributed by atoms with van der Waals surface area (Å²) in [5.41, 5.74) is 1.28. The molecule has 3 saturated heterocycles. The third-order valence-corrected chi connectivity index (χ3v) is 9.29. The highest BCUT2D eigenvalue weighted by Crippen LogP contribution is 2.54. The van der Waals surface area contributed by atoms with E-state index in [0.717, 1.165) is 44.5 Å². The second kappa shape index (κ2) is 5.78. The van der Waals surface area contributed by atoms with Crippen LogP contribution in [0.25, 0.3) is 0 Å². The number of rotatable bonds is 3. The summed E-state index contributed by atoms with van der Waals surface area (Å²) in [6, 6.07) is 10.1. The summed E-state index contributed by atoms with van der Waals surface area (Å²) in [6.45, 7) is 3.99. The van der Waals surface area contributed by atoms with E-state index in [9.17, 15) is 8.42 Å². The van der Waals surface area contributed by atoms with Gasteiger partial charge in [-0.15, -0.1) is 0 Å². The van der Waals surface area contributed by atoms with Gasteiger partial charge >= 0.3 is 0 Å². The van der Waals surface area contributed by atoms with Crippen LogP contribution in [-0.2, 0) is 14.8 Å². The van der Waals surface area contributed by atoms with Crippen molar-refractivity contribution in [3.8, 4) is 0 Å². The van der Waals surface area contributed by atoms with Crippen LogP contribution >= 0.6 is 0 Å². The molecular weight excluding hydrogens is 336 g/mol. The molecule has 1 spiro atoms. The molecule has 4 atom stereocenters. The van der Waals surface area contributed by atoms with Crippen LogP contribution in [0.5, 0.6) is 0 Å². The third-order valence-electron chi connectivity index (χ3n) is 6.95. The fraction of sp³-hybridized carbons (Fsp3) is 0.684. The smallest absolute Gasteiger partial charge is 0.217 e. The summed E-state index contributed by atoms with van der Waals surface area (Å²) < 4.78 is 34.4. The molecule has 0 aromatic heterocycles. The molecule has 25 heavy (non-hydrogen) atoms. The first-order valence-corrected chi connectivity index (χ1v) is 11.0. The quantitative estimate of drug-likeness (QED) is 0.887. The molecular formula is C19H26N2O3S. The van der Waals surface area contributed by atoms with E-state index in [2.05, 4.69) is 17.4 Å². The number of nitrogens with zero attached hydrogens (tertiary/aromatic N) is 1. The van der Waals surface area contributed by atoms with Gasteiger partial charge in [-0.1, -0.05) is 30.3 Å². The molecule has 4 fully saturated rings. The van der Waals surface area contributed by atoms with Crippen molar-refractivity contribution >= 4 is 10.0 Å². The van der Waals surface area contributed by atoms with E-state index in [-0.39, 0.29) is 22.6 Å². The molecule has 3 heterocycles. The van der Waals surface area contributed by atoms with E-state index in [1.807, 2.05) is 22.5 Å². The van der Waals surface area contributed by atoms with E-state index in [0.29, 0.717) is 19.1 Å². The number of piperidine rings is 1. The predicted octanol–water partition coefficient (Wildman–Crippen LogP) is 1.57. The molecule has 0 amide bonds. The highest BCUT2D eigenvalue weighted by molar-refractivity contribution is 7.90. The van der Waals surface area contributed by atoms with Gasteiger partial charge in [-0.05, 0) is 43.3 Å². The maximum absolute atomic E-state index is 13.4. The molecule has 0 bridgehead atoms. The molecule has 2 unspecified atom stereocenters. The Morgan fingerprint density at radius 3 is 2.64 bits per heavy atom. The van der Waals surface area contributed by atoms with E-state index >= 15 is 0 Å². The molecule has 5 rings (SSSR count). The molecule has 0 radical (unpaired) electrons. The molecule has 4 aliphatic rings. The molecule has 1 aliphatic carbocycles. The number of sulfonamides is 1. The number of fused-ring (bicyclic) bond motifs is 2. The lowest BCUT2D eigenvalue weighted by atomic mass is 9.70. The minimum Gasteiger partial charge on any atom is -0.379 e. The van der Waals surface area contributed by atoms with Crippen molar-refractivity contribution < 1.29 is 13.2 Å². The molecule has 1 aromatic rings. The number of ether oxygens (including phenoxy) is 1. The van der Waals surface area contributed by atoms with Gasteiger partial charge in [0.15, 0.2) is 0 Å². The second-order valence-corrected chi connectivity index (χ2v) is 10.3. The summed E-state index contributed by atoms with van der Waals surface area (Å²) in [5.74, 6) is 0.537. The van der Waals surface area contributed by atoms with Gasteiger partial charge in [0.25, 0.3) is 0 Å². The van der Waals surface area contributed by atoms with Gasteiger partial charge in [0.2, 0.25) is 10.0 Å². The van der Waals surface area contributed by atoms with Gasteiger partial charge in [-0.2, -0.15) is 4.31 Å². The Balaban J connectivity index is 1.41. The van der Waals surface area contributed by atoms with Crippen LogP contribution in [0.4, 0.5) is 0 Å². The summed E-state index contributed by atoms with van der Waals surface area (Å²) in [5, 5.41) is 3.18.